The summed E-state index contributed by atoms with van der Waals surface area (Å²) in [6.45, 7) is 0. The van der Waals surface area contributed by atoms with Crippen LogP contribution in [0.3, 0.4) is 0 Å². The molecule has 0 atom stereocenters. The number of aromatic nitrogens is 2. The summed E-state index contributed by atoms with van der Waals surface area (Å²) in [5, 5.41) is 8.76. The van der Waals surface area contributed by atoms with Gasteiger partial charge in [-0.15, -0.1) is 11.3 Å². The SMILES string of the molecule is O=C(O)c1sc(Br)c2[nH]c(=O)[nH]c12. The van der Waals surface area contributed by atoms with Gasteiger partial charge in [-0.05, 0) is 15.9 Å². The lowest BCUT2D eigenvalue weighted by molar-refractivity contribution is 0.0704. The van der Waals surface area contributed by atoms with Crippen molar-refractivity contribution in [2.45, 2.75) is 0 Å². The summed E-state index contributed by atoms with van der Waals surface area (Å²) in [7, 11) is 0. The Morgan fingerprint density at radius 2 is 2.00 bits per heavy atom. The summed E-state index contributed by atoms with van der Waals surface area (Å²) in [6, 6.07) is 0. The Morgan fingerprint density at radius 3 is 2.62 bits per heavy atom. The van der Waals surface area contributed by atoms with Crippen LogP contribution in [0.2, 0.25) is 0 Å². The van der Waals surface area contributed by atoms with Gasteiger partial charge in [-0.25, -0.2) is 9.59 Å². The van der Waals surface area contributed by atoms with Crippen LogP contribution in [0, 0.1) is 0 Å². The zero-order chi connectivity index (χ0) is 9.59. The minimum absolute atomic E-state index is 0.125. The number of nitrogens with one attached hydrogen (secondary N) is 2. The summed E-state index contributed by atoms with van der Waals surface area (Å²) in [6.07, 6.45) is 0. The van der Waals surface area contributed by atoms with Gasteiger partial charge in [-0.1, -0.05) is 0 Å². The van der Waals surface area contributed by atoms with Crippen LogP contribution < -0.4 is 5.69 Å². The monoisotopic (exact) mass is 262 g/mol. The fourth-order valence-corrected chi connectivity index (χ4v) is 2.60. The van der Waals surface area contributed by atoms with E-state index in [4.69, 9.17) is 5.11 Å². The van der Waals surface area contributed by atoms with Crippen molar-refractivity contribution in [2.75, 3.05) is 0 Å². The molecule has 0 radical (unpaired) electrons. The number of carboxylic acids is 1. The number of aromatic carboxylic acids is 1. The van der Waals surface area contributed by atoms with Crippen LogP contribution in [-0.4, -0.2) is 21.0 Å². The van der Waals surface area contributed by atoms with Crippen molar-refractivity contribution < 1.29 is 9.90 Å². The molecule has 2 rings (SSSR count). The smallest absolute Gasteiger partial charge is 0.348 e. The molecule has 2 heterocycles. The van der Waals surface area contributed by atoms with E-state index in [-0.39, 0.29) is 4.88 Å². The lowest BCUT2D eigenvalue weighted by Crippen LogP contribution is -2.01. The molecule has 2 aromatic rings. The van der Waals surface area contributed by atoms with E-state index in [2.05, 4.69) is 25.9 Å². The summed E-state index contributed by atoms with van der Waals surface area (Å²) >= 11 is 4.23. The molecule has 0 unspecified atom stereocenters. The summed E-state index contributed by atoms with van der Waals surface area (Å²) < 4.78 is 0.609. The van der Waals surface area contributed by atoms with Crippen molar-refractivity contribution in [2.24, 2.45) is 0 Å². The van der Waals surface area contributed by atoms with Crippen molar-refractivity contribution in [1.82, 2.24) is 9.97 Å². The number of thiophene rings is 1. The maximum atomic E-state index is 10.9. The number of hydrogen-bond donors (Lipinski definition) is 3. The van der Waals surface area contributed by atoms with Crippen LogP contribution in [0.5, 0.6) is 0 Å². The van der Waals surface area contributed by atoms with Crippen molar-refractivity contribution >= 4 is 44.3 Å². The summed E-state index contributed by atoms with van der Waals surface area (Å²) in [4.78, 5) is 26.6. The predicted octanol–water partition coefficient (Wildman–Crippen LogP) is 1.38. The van der Waals surface area contributed by atoms with E-state index < -0.39 is 11.7 Å². The summed E-state index contributed by atoms with van der Waals surface area (Å²) in [5.74, 6) is -1.05. The molecular formula is C6H3BrN2O3S. The lowest BCUT2D eigenvalue weighted by Gasteiger charge is -1.83. The number of halogens is 1. The molecule has 0 fully saturated rings. The van der Waals surface area contributed by atoms with E-state index in [0.717, 1.165) is 11.3 Å². The highest BCUT2D eigenvalue weighted by Crippen LogP contribution is 2.32. The van der Waals surface area contributed by atoms with Gasteiger partial charge in [0.25, 0.3) is 0 Å². The van der Waals surface area contributed by atoms with Crippen LogP contribution in [0.15, 0.2) is 8.58 Å². The van der Waals surface area contributed by atoms with Crippen LogP contribution in [-0.2, 0) is 0 Å². The zero-order valence-corrected chi connectivity index (χ0v) is 8.45. The molecule has 0 saturated carbocycles. The van der Waals surface area contributed by atoms with E-state index in [1.54, 1.807) is 0 Å². The van der Waals surface area contributed by atoms with Gasteiger partial charge < -0.3 is 15.1 Å². The van der Waals surface area contributed by atoms with Gasteiger partial charge in [0.1, 0.15) is 4.88 Å². The van der Waals surface area contributed by atoms with Crippen molar-refractivity contribution in [1.29, 1.82) is 0 Å². The predicted molar refractivity (Wildman–Crippen MR) is 51.5 cm³/mol. The first-order valence-corrected chi connectivity index (χ1v) is 4.84. The highest BCUT2D eigenvalue weighted by atomic mass is 79.9. The molecule has 0 aliphatic heterocycles. The second-order valence-corrected chi connectivity index (χ2v) is 4.68. The molecule has 0 aliphatic rings. The van der Waals surface area contributed by atoms with Gasteiger partial charge in [-0.3, -0.25) is 0 Å². The Bertz CT molecular complexity index is 538. The number of fused-ring (bicyclic) bond motifs is 1. The normalized spacial score (nSPS) is 10.8. The van der Waals surface area contributed by atoms with Crippen LogP contribution in [0.4, 0.5) is 0 Å². The molecule has 5 nitrogen and oxygen atoms in total. The summed E-state index contributed by atoms with van der Waals surface area (Å²) in [5.41, 5.74) is 0.447. The Kier molecular flexibility index (Phi) is 1.77. The van der Waals surface area contributed by atoms with E-state index in [9.17, 15) is 9.59 Å². The average molecular weight is 263 g/mol. The number of rotatable bonds is 1. The van der Waals surface area contributed by atoms with Crippen molar-refractivity contribution in [3.63, 3.8) is 0 Å². The highest BCUT2D eigenvalue weighted by Gasteiger charge is 2.17. The van der Waals surface area contributed by atoms with Crippen LogP contribution in [0.1, 0.15) is 9.67 Å². The number of aromatic amines is 2. The Labute approximate surface area is 83.5 Å². The molecule has 68 valence electrons. The van der Waals surface area contributed by atoms with E-state index >= 15 is 0 Å². The Balaban J connectivity index is 2.91. The fourth-order valence-electron chi connectivity index (χ4n) is 1.04. The fraction of sp³-hybridized carbons (Fsp3) is 0. The number of carbonyl (C=O) groups is 1. The lowest BCUT2D eigenvalue weighted by atomic mass is 10.4. The molecule has 2 aromatic heterocycles. The molecule has 13 heavy (non-hydrogen) atoms. The number of imidazole rings is 1. The average Bonchev–Trinajstić information content (AvgIpc) is 2.51. The molecular weight excluding hydrogens is 260 g/mol. The van der Waals surface area contributed by atoms with Crippen molar-refractivity contribution in [3.05, 3.63) is 19.1 Å². The van der Waals surface area contributed by atoms with E-state index in [1.807, 2.05) is 0 Å². The first-order chi connectivity index (χ1) is 6.09. The van der Waals surface area contributed by atoms with Gasteiger partial charge >= 0.3 is 11.7 Å². The minimum Gasteiger partial charge on any atom is -0.477 e. The molecule has 0 aliphatic carbocycles. The first-order valence-electron chi connectivity index (χ1n) is 3.23. The molecule has 0 aromatic carbocycles. The van der Waals surface area contributed by atoms with Gasteiger partial charge in [-0.2, -0.15) is 0 Å². The van der Waals surface area contributed by atoms with E-state index in [0.29, 0.717) is 14.8 Å². The molecule has 0 saturated heterocycles. The second-order valence-electron chi connectivity index (χ2n) is 2.34. The molecule has 7 heteroatoms. The number of carboxylic acid groups (broad SMARTS) is 1. The highest BCUT2D eigenvalue weighted by molar-refractivity contribution is 9.11. The third kappa shape index (κ3) is 1.20. The number of hydrogen-bond acceptors (Lipinski definition) is 3. The third-order valence-corrected chi connectivity index (χ3v) is 3.38. The number of H-pyrrole nitrogens is 2. The molecule has 3 N–H and O–H groups in total. The molecule has 0 spiro atoms. The standard InChI is InChI=1S/C6H3BrN2O3S/c7-4-2-1(8-6(12)9-2)3(13-4)5(10)11/h(H,10,11)(H2,8,9,12). The second kappa shape index (κ2) is 2.71. The topological polar surface area (TPSA) is 85.9 Å². The largest absolute Gasteiger partial charge is 0.477 e. The maximum Gasteiger partial charge on any atom is 0.348 e. The Hall–Kier alpha value is -1.08. The third-order valence-electron chi connectivity index (χ3n) is 1.54. The quantitative estimate of drug-likeness (QED) is 0.726. The van der Waals surface area contributed by atoms with E-state index in [1.165, 1.54) is 0 Å². The van der Waals surface area contributed by atoms with Gasteiger partial charge in [0.15, 0.2) is 0 Å². The maximum absolute atomic E-state index is 10.9. The van der Waals surface area contributed by atoms with Crippen LogP contribution >= 0.6 is 27.3 Å². The van der Waals surface area contributed by atoms with Crippen molar-refractivity contribution in [3.8, 4) is 0 Å². The van der Waals surface area contributed by atoms with Gasteiger partial charge in [0.05, 0.1) is 14.8 Å². The minimum atomic E-state index is -1.05. The molecule has 0 amide bonds. The zero-order valence-electron chi connectivity index (χ0n) is 6.05. The van der Waals surface area contributed by atoms with Crippen LogP contribution in [0.25, 0.3) is 11.0 Å². The van der Waals surface area contributed by atoms with Gasteiger partial charge in [0, 0.05) is 0 Å². The van der Waals surface area contributed by atoms with Gasteiger partial charge in [0.2, 0.25) is 0 Å². The molecule has 0 bridgehead atoms. The first kappa shape index (κ1) is 8.52. The Morgan fingerprint density at radius 1 is 1.38 bits per heavy atom.